The van der Waals surface area contributed by atoms with Crippen molar-refractivity contribution in [1.82, 2.24) is 0 Å². The first-order valence-electron chi connectivity index (χ1n) is 20.3. The zero-order valence-electron chi connectivity index (χ0n) is 34.1. The van der Waals surface area contributed by atoms with Crippen LogP contribution in [0.15, 0.2) is 114 Å². The van der Waals surface area contributed by atoms with Crippen LogP contribution in [0.3, 0.4) is 0 Å². The summed E-state index contributed by atoms with van der Waals surface area (Å²) in [5, 5.41) is 0.0433. The highest BCUT2D eigenvalue weighted by molar-refractivity contribution is 8.56. The van der Waals surface area contributed by atoms with Crippen LogP contribution in [0, 0.1) is 5.92 Å². The quantitative estimate of drug-likeness (QED) is 0.0418. The summed E-state index contributed by atoms with van der Waals surface area (Å²) in [5.41, 5.74) is 0.907. The van der Waals surface area contributed by atoms with E-state index in [-0.39, 0.29) is 18.5 Å². The fourth-order valence-corrected chi connectivity index (χ4v) is 17.4. The lowest BCUT2D eigenvalue weighted by Crippen LogP contribution is -2.19. The molecule has 0 radical (unpaired) electrons. The van der Waals surface area contributed by atoms with Gasteiger partial charge in [-0.1, -0.05) is 87.6 Å². The molecule has 0 amide bonds. The number of rotatable bonds is 27. The molecule has 0 heterocycles. The van der Waals surface area contributed by atoms with Gasteiger partial charge in [-0.05, 0) is 134 Å². The molecule has 5 rings (SSSR count). The van der Waals surface area contributed by atoms with E-state index in [4.69, 9.17) is 31.9 Å². The topological polar surface area (TPSA) is 116 Å². The highest BCUT2D eigenvalue weighted by Crippen LogP contribution is 2.65. The maximum absolute atomic E-state index is 14.5. The highest BCUT2D eigenvalue weighted by Gasteiger charge is 2.36. The van der Waals surface area contributed by atoms with Crippen LogP contribution in [0.4, 0.5) is 0 Å². The van der Waals surface area contributed by atoms with Crippen molar-refractivity contribution >= 4 is 54.5 Å². The number of benzene rings is 4. The molecule has 0 bridgehead atoms. The standard InChI is InChI=1S/C43H57O10P3S3/c1-4-6-7-14-33-57-54(44,51-39-19-10-8-11-20-39)49-31-29-36-17-16-24-43(35-36)59-56(46,52-40-21-12-9-13-22-40)50-32-30-37-18-15-23-42(34-37)58-55(45,48-5-2)53-41-27-25-38(47-3)26-28-41/h8-13,15,18-23,25-28,34,36,43H,4-7,14,16-17,24,29-33,35H2,1-3H3. The third kappa shape index (κ3) is 17.2. The van der Waals surface area contributed by atoms with Crippen molar-refractivity contribution in [3.8, 4) is 23.0 Å². The second-order valence-corrected chi connectivity index (χ2v) is 26.1. The summed E-state index contributed by atoms with van der Waals surface area (Å²) < 4.78 is 83.3. The van der Waals surface area contributed by atoms with Gasteiger partial charge in [0.25, 0.3) is 0 Å². The van der Waals surface area contributed by atoms with Crippen molar-refractivity contribution in [2.45, 2.75) is 88.2 Å². The number of hydrogen-bond acceptors (Lipinski definition) is 13. The third-order valence-corrected chi connectivity index (χ3v) is 20.7. The van der Waals surface area contributed by atoms with Crippen LogP contribution in [-0.4, -0.2) is 37.9 Å². The van der Waals surface area contributed by atoms with E-state index in [1.165, 1.54) is 22.8 Å². The molecule has 1 aliphatic rings. The van der Waals surface area contributed by atoms with Gasteiger partial charge >= 0.3 is 20.4 Å². The molecule has 0 spiro atoms. The SMILES string of the molecule is CCCCCCSP(=O)(OCCC1CCCC(SP(=O)(OCCc2cccc(SP(=O)(OCC)Oc3ccc(OC)cc3)c2)Oc2ccccc2)C1)Oc1ccccc1. The van der Waals surface area contributed by atoms with E-state index in [1.807, 2.05) is 60.7 Å². The molecule has 59 heavy (non-hydrogen) atoms. The molecule has 4 aromatic rings. The van der Waals surface area contributed by atoms with Crippen molar-refractivity contribution in [3.05, 3.63) is 115 Å². The third-order valence-electron chi connectivity index (χ3n) is 9.28. The molecular weight excluding hydrogens is 866 g/mol. The zero-order valence-corrected chi connectivity index (χ0v) is 39.2. The average molecular weight is 923 g/mol. The summed E-state index contributed by atoms with van der Waals surface area (Å²) >= 11 is 3.60. The van der Waals surface area contributed by atoms with Crippen LogP contribution in [0.2, 0.25) is 0 Å². The number of hydrogen-bond donors (Lipinski definition) is 0. The Kier molecular flexibility index (Phi) is 20.2. The van der Waals surface area contributed by atoms with Gasteiger partial charge in [0.15, 0.2) is 0 Å². The summed E-state index contributed by atoms with van der Waals surface area (Å²) in [5.74, 6) is 3.10. The number of para-hydroxylation sites is 2. The van der Waals surface area contributed by atoms with Crippen LogP contribution < -0.4 is 18.3 Å². The molecule has 1 aliphatic carbocycles. The van der Waals surface area contributed by atoms with E-state index >= 15 is 0 Å². The molecule has 1 fully saturated rings. The monoisotopic (exact) mass is 922 g/mol. The van der Waals surface area contributed by atoms with Crippen molar-refractivity contribution < 1.29 is 45.6 Å². The minimum Gasteiger partial charge on any atom is -0.497 e. The average Bonchev–Trinajstić information content (AvgIpc) is 3.22. The summed E-state index contributed by atoms with van der Waals surface area (Å²) in [6.07, 6.45) is 9.17. The van der Waals surface area contributed by atoms with Crippen LogP contribution in [0.25, 0.3) is 0 Å². The van der Waals surface area contributed by atoms with Crippen LogP contribution in [-0.2, 0) is 33.7 Å². The first-order valence-corrected chi connectivity index (χ1v) is 29.4. The molecule has 5 atom stereocenters. The van der Waals surface area contributed by atoms with Gasteiger partial charge in [0.1, 0.15) is 23.0 Å². The Balaban J connectivity index is 1.17. The smallest absolute Gasteiger partial charge is 0.444 e. The molecular formula is C43H57O10P3S3. The minimum atomic E-state index is -3.67. The van der Waals surface area contributed by atoms with Gasteiger partial charge in [-0.2, -0.15) is 0 Å². The maximum atomic E-state index is 14.5. The zero-order chi connectivity index (χ0) is 41.8. The molecule has 1 saturated carbocycles. The lowest BCUT2D eigenvalue weighted by molar-refractivity contribution is 0.233. The Morgan fingerprint density at radius 3 is 1.97 bits per heavy atom. The summed E-state index contributed by atoms with van der Waals surface area (Å²) in [7, 11) is 1.58. The second kappa shape index (κ2) is 25.0. The van der Waals surface area contributed by atoms with E-state index in [2.05, 4.69) is 6.92 Å². The minimum absolute atomic E-state index is 0.0433. The predicted molar refractivity (Wildman–Crippen MR) is 245 cm³/mol. The van der Waals surface area contributed by atoms with Gasteiger partial charge in [-0.3, -0.25) is 13.6 Å². The lowest BCUT2D eigenvalue weighted by Gasteiger charge is -2.31. The first-order chi connectivity index (χ1) is 28.6. The van der Waals surface area contributed by atoms with Gasteiger partial charge in [-0.25, -0.2) is 13.7 Å². The van der Waals surface area contributed by atoms with E-state index in [9.17, 15) is 13.7 Å². The van der Waals surface area contributed by atoms with Crippen molar-refractivity contribution in [1.29, 1.82) is 0 Å². The van der Waals surface area contributed by atoms with E-state index in [0.29, 0.717) is 52.6 Å². The number of ether oxygens (including phenoxy) is 1. The van der Waals surface area contributed by atoms with Crippen LogP contribution in [0.1, 0.15) is 77.2 Å². The van der Waals surface area contributed by atoms with Crippen LogP contribution >= 0.6 is 54.5 Å². The normalized spacial score (nSPS) is 18.5. The Hall–Kier alpha value is -2.30. The fraction of sp³-hybridized carbons (Fsp3) is 0.442. The number of unbranched alkanes of at least 4 members (excludes halogenated alkanes) is 3. The number of methoxy groups -OCH3 is 1. The predicted octanol–water partition coefficient (Wildman–Crippen LogP) is 15.0. The van der Waals surface area contributed by atoms with Crippen molar-refractivity contribution in [2.24, 2.45) is 5.92 Å². The molecule has 322 valence electrons. The Morgan fingerprint density at radius 2 is 1.29 bits per heavy atom. The van der Waals surface area contributed by atoms with Crippen molar-refractivity contribution in [2.75, 3.05) is 32.7 Å². The Labute approximate surface area is 362 Å². The van der Waals surface area contributed by atoms with E-state index < -0.39 is 20.4 Å². The molecule has 0 saturated heterocycles. The van der Waals surface area contributed by atoms with E-state index in [1.54, 1.807) is 62.6 Å². The largest absolute Gasteiger partial charge is 0.497 e. The van der Waals surface area contributed by atoms with Gasteiger partial charge in [-0.15, -0.1) is 0 Å². The molecule has 10 nitrogen and oxygen atoms in total. The van der Waals surface area contributed by atoms with Gasteiger partial charge < -0.3 is 18.3 Å². The van der Waals surface area contributed by atoms with Gasteiger partial charge in [0.05, 0.1) is 26.9 Å². The molecule has 4 aromatic carbocycles. The second-order valence-electron chi connectivity index (χ2n) is 13.9. The Morgan fingerprint density at radius 1 is 0.644 bits per heavy atom. The van der Waals surface area contributed by atoms with Gasteiger partial charge in [0, 0.05) is 27.3 Å². The lowest BCUT2D eigenvalue weighted by atomic mass is 9.87. The Bertz CT molecular complexity index is 1960. The molecule has 16 heteroatoms. The molecule has 0 aromatic heterocycles. The summed E-state index contributed by atoms with van der Waals surface area (Å²) in [6, 6.07) is 32.8. The summed E-state index contributed by atoms with van der Waals surface area (Å²) in [6.45, 7) is -6.09. The molecule has 0 N–H and O–H groups in total. The van der Waals surface area contributed by atoms with E-state index in [0.717, 1.165) is 74.7 Å². The molecule has 0 aliphatic heterocycles. The highest BCUT2D eigenvalue weighted by atomic mass is 32.7. The maximum Gasteiger partial charge on any atom is 0.444 e. The summed E-state index contributed by atoms with van der Waals surface area (Å²) in [4.78, 5) is 0.705. The van der Waals surface area contributed by atoms with Gasteiger partial charge in [0.2, 0.25) is 0 Å². The first kappa shape index (κ1) is 47.7. The van der Waals surface area contributed by atoms with Crippen LogP contribution in [0.5, 0.6) is 23.0 Å². The molecule has 5 unspecified atom stereocenters. The van der Waals surface area contributed by atoms with Crippen molar-refractivity contribution in [3.63, 3.8) is 0 Å². The fourth-order valence-electron chi connectivity index (χ4n) is 6.37.